The van der Waals surface area contributed by atoms with E-state index in [9.17, 15) is 19.7 Å². The van der Waals surface area contributed by atoms with Gasteiger partial charge in [0.15, 0.2) is 0 Å². The Kier molecular flexibility index (Phi) is 4.91. The van der Waals surface area contributed by atoms with Crippen molar-refractivity contribution in [3.8, 4) is 0 Å². The lowest BCUT2D eigenvalue weighted by atomic mass is 10.1. The molecule has 0 radical (unpaired) electrons. The van der Waals surface area contributed by atoms with Crippen LogP contribution in [0, 0.1) is 10.1 Å². The van der Waals surface area contributed by atoms with Crippen molar-refractivity contribution in [2.24, 2.45) is 0 Å². The van der Waals surface area contributed by atoms with Crippen molar-refractivity contribution in [3.63, 3.8) is 0 Å². The standard InChI is InChI=1S/C14H14N2O7/c1-21-13(17)11-7-23-8-15(12(11)14(18)22-2)9-3-5-10(6-4-9)16(19)20/h3-6H,7-8H2,1-2H3. The van der Waals surface area contributed by atoms with Gasteiger partial charge in [-0.2, -0.15) is 0 Å². The quantitative estimate of drug-likeness (QED) is 0.459. The molecule has 1 aliphatic heterocycles. The van der Waals surface area contributed by atoms with Crippen LogP contribution in [0.3, 0.4) is 0 Å². The smallest absolute Gasteiger partial charge is 0.355 e. The van der Waals surface area contributed by atoms with Gasteiger partial charge in [-0.05, 0) is 12.1 Å². The van der Waals surface area contributed by atoms with E-state index in [4.69, 9.17) is 9.47 Å². The molecule has 0 aromatic heterocycles. The van der Waals surface area contributed by atoms with E-state index in [0.29, 0.717) is 5.69 Å². The topological polar surface area (TPSA) is 108 Å². The number of esters is 2. The summed E-state index contributed by atoms with van der Waals surface area (Å²) in [7, 11) is 2.38. The summed E-state index contributed by atoms with van der Waals surface area (Å²) in [5, 5.41) is 10.7. The summed E-state index contributed by atoms with van der Waals surface area (Å²) in [5.74, 6) is -1.44. The van der Waals surface area contributed by atoms with Gasteiger partial charge in [-0.15, -0.1) is 0 Å². The molecule has 9 nitrogen and oxygen atoms in total. The fourth-order valence-electron chi connectivity index (χ4n) is 2.10. The van der Waals surface area contributed by atoms with Gasteiger partial charge in [0, 0.05) is 17.8 Å². The summed E-state index contributed by atoms with van der Waals surface area (Å²) in [6.45, 7) is -0.108. The number of benzene rings is 1. The first-order chi connectivity index (χ1) is 11.0. The molecule has 23 heavy (non-hydrogen) atoms. The summed E-state index contributed by atoms with van der Waals surface area (Å²) in [5.41, 5.74) is 0.351. The number of carbonyl (C=O) groups is 2. The van der Waals surface area contributed by atoms with E-state index in [1.807, 2.05) is 0 Å². The molecule has 0 atom stereocenters. The molecule has 0 unspecified atom stereocenters. The molecule has 0 saturated heterocycles. The molecule has 0 bridgehead atoms. The SMILES string of the molecule is COC(=O)C1=C(C(=O)OC)N(c2ccc([N+](=O)[O-])cc2)COC1. The Balaban J connectivity index is 2.48. The maximum absolute atomic E-state index is 12.1. The Bertz CT molecular complexity index is 666. The molecule has 2 rings (SSSR count). The summed E-state index contributed by atoms with van der Waals surface area (Å²) in [6.07, 6.45) is 0. The van der Waals surface area contributed by atoms with E-state index >= 15 is 0 Å². The second-order valence-corrected chi connectivity index (χ2v) is 4.49. The average Bonchev–Trinajstić information content (AvgIpc) is 2.59. The van der Waals surface area contributed by atoms with Crippen molar-refractivity contribution >= 4 is 23.3 Å². The Labute approximate surface area is 131 Å². The van der Waals surface area contributed by atoms with Gasteiger partial charge >= 0.3 is 11.9 Å². The van der Waals surface area contributed by atoms with E-state index in [1.165, 1.54) is 43.4 Å². The van der Waals surface area contributed by atoms with Crippen LogP contribution in [0.2, 0.25) is 0 Å². The molecule has 1 aromatic carbocycles. The molecule has 122 valence electrons. The molecule has 0 aliphatic carbocycles. The van der Waals surface area contributed by atoms with Gasteiger partial charge in [0.1, 0.15) is 12.4 Å². The zero-order valence-electron chi connectivity index (χ0n) is 12.5. The lowest BCUT2D eigenvalue weighted by Crippen LogP contribution is -2.38. The molecule has 0 N–H and O–H groups in total. The first-order valence-electron chi connectivity index (χ1n) is 6.49. The Hall–Kier alpha value is -2.94. The van der Waals surface area contributed by atoms with Gasteiger partial charge in [-0.3, -0.25) is 10.1 Å². The minimum Gasteiger partial charge on any atom is -0.466 e. The third-order valence-electron chi connectivity index (χ3n) is 3.21. The maximum Gasteiger partial charge on any atom is 0.355 e. The molecular weight excluding hydrogens is 308 g/mol. The Morgan fingerprint density at radius 2 is 1.78 bits per heavy atom. The fourth-order valence-corrected chi connectivity index (χ4v) is 2.10. The second-order valence-electron chi connectivity index (χ2n) is 4.49. The van der Waals surface area contributed by atoms with Crippen LogP contribution in [0.15, 0.2) is 35.5 Å². The highest BCUT2D eigenvalue weighted by atomic mass is 16.6. The van der Waals surface area contributed by atoms with Crippen LogP contribution in [0.4, 0.5) is 11.4 Å². The van der Waals surface area contributed by atoms with Crippen LogP contribution in [0.1, 0.15) is 0 Å². The number of hydrogen-bond acceptors (Lipinski definition) is 8. The predicted octanol–water partition coefficient (Wildman–Crippen LogP) is 0.989. The van der Waals surface area contributed by atoms with Crippen LogP contribution in [-0.2, 0) is 23.8 Å². The number of nitro groups is 1. The highest BCUT2D eigenvalue weighted by Gasteiger charge is 2.32. The van der Waals surface area contributed by atoms with Crippen molar-refractivity contribution in [2.45, 2.75) is 0 Å². The molecule has 0 saturated carbocycles. The van der Waals surface area contributed by atoms with Crippen molar-refractivity contribution in [1.82, 2.24) is 0 Å². The van der Waals surface area contributed by atoms with Crippen molar-refractivity contribution in [3.05, 3.63) is 45.6 Å². The number of carbonyl (C=O) groups excluding carboxylic acids is 2. The lowest BCUT2D eigenvalue weighted by molar-refractivity contribution is -0.384. The number of anilines is 1. The molecule has 1 heterocycles. The molecule has 0 spiro atoms. The minimum atomic E-state index is -0.730. The van der Waals surface area contributed by atoms with Crippen molar-refractivity contribution in [2.75, 3.05) is 32.5 Å². The van der Waals surface area contributed by atoms with E-state index in [1.54, 1.807) is 0 Å². The third kappa shape index (κ3) is 3.29. The number of hydrogen-bond donors (Lipinski definition) is 0. The summed E-state index contributed by atoms with van der Waals surface area (Å²) < 4.78 is 14.7. The minimum absolute atomic E-state index is 0.0112. The molecule has 9 heteroatoms. The van der Waals surface area contributed by atoms with Crippen LogP contribution in [-0.4, -0.2) is 44.4 Å². The second kappa shape index (κ2) is 6.88. The molecule has 0 fully saturated rings. The third-order valence-corrected chi connectivity index (χ3v) is 3.21. The molecular formula is C14H14N2O7. The van der Waals surface area contributed by atoms with Gasteiger partial charge in [-0.25, -0.2) is 9.59 Å². The molecule has 1 aliphatic rings. The van der Waals surface area contributed by atoms with E-state index in [-0.39, 0.29) is 30.3 Å². The van der Waals surface area contributed by atoms with Crippen LogP contribution >= 0.6 is 0 Å². The number of nitro benzene ring substituents is 1. The van der Waals surface area contributed by atoms with Gasteiger partial charge in [0.2, 0.25) is 0 Å². The van der Waals surface area contributed by atoms with E-state index < -0.39 is 16.9 Å². The van der Waals surface area contributed by atoms with Crippen molar-refractivity contribution < 1.29 is 28.7 Å². The highest BCUT2D eigenvalue weighted by Crippen LogP contribution is 2.28. The number of non-ortho nitro benzene ring substituents is 1. The average molecular weight is 322 g/mol. The monoisotopic (exact) mass is 322 g/mol. The zero-order chi connectivity index (χ0) is 17.0. The van der Waals surface area contributed by atoms with Crippen LogP contribution in [0.5, 0.6) is 0 Å². The predicted molar refractivity (Wildman–Crippen MR) is 77.5 cm³/mol. The summed E-state index contributed by atoms with van der Waals surface area (Å²) in [4.78, 5) is 35.5. The number of ether oxygens (including phenoxy) is 3. The van der Waals surface area contributed by atoms with Crippen LogP contribution in [0.25, 0.3) is 0 Å². The largest absolute Gasteiger partial charge is 0.466 e. The zero-order valence-corrected chi connectivity index (χ0v) is 12.5. The van der Waals surface area contributed by atoms with Gasteiger partial charge < -0.3 is 19.1 Å². The normalized spacial score (nSPS) is 14.4. The fraction of sp³-hybridized carbons (Fsp3) is 0.286. The number of nitrogens with zero attached hydrogens (tertiary/aromatic N) is 2. The van der Waals surface area contributed by atoms with E-state index in [2.05, 4.69) is 4.74 Å². The number of methoxy groups -OCH3 is 2. The van der Waals surface area contributed by atoms with Gasteiger partial charge in [-0.1, -0.05) is 0 Å². The van der Waals surface area contributed by atoms with Gasteiger partial charge in [0.25, 0.3) is 5.69 Å². The van der Waals surface area contributed by atoms with Crippen molar-refractivity contribution in [1.29, 1.82) is 0 Å². The van der Waals surface area contributed by atoms with Gasteiger partial charge in [0.05, 0.1) is 31.3 Å². The van der Waals surface area contributed by atoms with E-state index in [0.717, 1.165) is 0 Å². The maximum atomic E-state index is 12.1. The highest BCUT2D eigenvalue weighted by molar-refractivity contribution is 6.03. The molecule has 0 amide bonds. The van der Waals surface area contributed by atoms with Crippen LogP contribution < -0.4 is 4.90 Å². The number of rotatable bonds is 4. The Morgan fingerprint density at radius 1 is 1.17 bits per heavy atom. The Morgan fingerprint density at radius 3 is 2.30 bits per heavy atom. The molecule has 1 aromatic rings. The summed E-state index contributed by atoms with van der Waals surface area (Å²) >= 11 is 0. The lowest BCUT2D eigenvalue weighted by Gasteiger charge is -2.31. The first kappa shape index (κ1) is 16.4. The summed E-state index contributed by atoms with van der Waals surface area (Å²) in [6, 6.07) is 5.47. The first-order valence-corrected chi connectivity index (χ1v) is 6.49.